The smallest absolute Gasteiger partial charge is 0.251 e. The maximum atomic E-state index is 12.5. The summed E-state index contributed by atoms with van der Waals surface area (Å²) in [5.74, 6) is 1.76. The molecule has 0 unspecified atom stereocenters. The Labute approximate surface area is 154 Å². The molecule has 140 valence electrons. The number of benzene rings is 1. The van der Waals surface area contributed by atoms with E-state index in [1.165, 1.54) is 12.8 Å². The highest BCUT2D eigenvalue weighted by Gasteiger charge is 2.26. The average molecular weight is 365 g/mol. The lowest BCUT2D eigenvalue weighted by Crippen LogP contribution is -2.49. The molecule has 0 bridgehead atoms. The molecule has 1 aromatic rings. The van der Waals surface area contributed by atoms with Gasteiger partial charge in [-0.1, -0.05) is 32.9 Å². The SMILES string of the molecule is CC1CCN([C@@H](CNC(=O)c2cccc(C[S@@](C)=O)c2)C(C)C)CC1. The first-order valence-electron chi connectivity index (χ1n) is 9.28. The maximum absolute atomic E-state index is 12.5. The van der Waals surface area contributed by atoms with Crippen LogP contribution < -0.4 is 5.32 Å². The molecular formula is C20H32N2O2S. The van der Waals surface area contributed by atoms with Gasteiger partial charge < -0.3 is 5.32 Å². The van der Waals surface area contributed by atoms with Crippen LogP contribution in [0.15, 0.2) is 24.3 Å². The zero-order valence-corrected chi connectivity index (χ0v) is 16.8. The lowest BCUT2D eigenvalue weighted by atomic mass is 9.94. The monoisotopic (exact) mass is 364 g/mol. The molecule has 4 nitrogen and oxygen atoms in total. The molecule has 1 N–H and O–H groups in total. The van der Waals surface area contributed by atoms with Crippen molar-refractivity contribution in [1.82, 2.24) is 10.2 Å². The number of nitrogens with one attached hydrogen (secondary N) is 1. The number of nitrogens with zero attached hydrogens (tertiary/aromatic N) is 1. The van der Waals surface area contributed by atoms with Crippen molar-refractivity contribution in [3.63, 3.8) is 0 Å². The molecule has 0 saturated carbocycles. The fourth-order valence-corrected chi connectivity index (χ4v) is 4.13. The second-order valence-electron chi connectivity index (χ2n) is 7.66. The van der Waals surface area contributed by atoms with Gasteiger partial charge in [0.2, 0.25) is 0 Å². The van der Waals surface area contributed by atoms with Crippen molar-refractivity contribution < 1.29 is 9.00 Å². The van der Waals surface area contributed by atoms with Crippen molar-refractivity contribution in [2.45, 2.75) is 45.4 Å². The van der Waals surface area contributed by atoms with Crippen LogP contribution in [0.3, 0.4) is 0 Å². The van der Waals surface area contributed by atoms with Crippen molar-refractivity contribution in [3.8, 4) is 0 Å². The molecule has 1 amide bonds. The molecule has 1 saturated heterocycles. The molecule has 0 aromatic heterocycles. The third kappa shape index (κ3) is 6.23. The number of hydrogen-bond donors (Lipinski definition) is 1. The van der Waals surface area contributed by atoms with E-state index in [1.54, 1.807) is 6.26 Å². The van der Waals surface area contributed by atoms with Crippen LogP contribution in [0.25, 0.3) is 0 Å². The molecule has 1 aliphatic heterocycles. The van der Waals surface area contributed by atoms with Gasteiger partial charge >= 0.3 is 0 Å². The van der Waals surface area contributed by atoms with Gasteiger partial charge in [-0.3, -0.25) is 13.9 Å². The third-order valence-electron chi connectivity index (χ3n) is 5.09. The predicted octanol–water partition coefficient (Wildman–Crippen LogP) is 3.05. The van der Waals surface area contributed by atoms with Crippen LogP contribution in [0.1, 0.15) is 49.5 Å². The van der Waals surface area contributed by atoms with Gasteiger partial charge in [-0.2, -0.15) is 0 Å². The van der Waals surface area contributed by atoms with Crippen LogP contribution in [0.2, 0.25) is 0 Å². The fourth-order valence-electron chi connectivity index (χ4n) is 3.48. The van der Waals surface area contributed by atoms with Crippen LogP contribution in [0, 0.1) is 11.8 Å². The molecule has 2 rings (SSSR count). The van der Waals surface area contributed by atoms with Gasteiger partial charge in [0.15, 0.2) is 0 Å². The Kier molecular flexibility index (Phi) is 7.63. The van der Waals surface area contributed by atoms with Crippen LogP contribution >= 0.6 is 0 Å². The van der Waals surface area contributed by atoms with Crippen LogP contribution in [-0.2, 0) is 16.6 Å². The average Bonchev–Trinajstić information content (AvgIpc) is 2.56. The Balaban J connectivity index is 1.95. The Morgan fingerprint density at radius 2 is 2.00 bits per heavy atom. The van der Waals surface area contributed by atoms with Crippen molar-refractivity contribution in [3.05, 3.63) is 35.4 Å². The summed E-state index contributed by atoms with van der Waals surface area (Å²) in [6.45, 7) is 9.70. The number of hydrogen-bond acceptors (Lipinski definition) is 3. The number of rotatable bonds is 7. The third-order valence-corrected chi connectivity index (χ3v) is 5.83. The number of piperidine rings is 1. The van der Waals surface area contributed by atoms with Crippen LogP contribution in [0.4, 0.5) is 0 Å². The van der Waals surface area contributed by atoms with E-state index >= 15 is 0 Å². The van der Waals surface area contributed by atoms with Crippen molar-refractivity contribution >= 4 is 16.7 Å². The minimum absolute atomic E-state index is 0.0419. The van der Waals surface area contributed by atoms with Crippen LogP contribution in [-0.4, -0.2) is 46.9 Å². The van der Waals surface area contributed by atoms with E-state index < -0.39 is 10.8 Å². The predicted molar refractivity (Wildman–Crippen MR) is 105 cm³/mol. The molecule has 0 spiro atoms. The van der Waals surface area contributed by atoms with Gasteiger partial charge in [0, 0.05) is 41.0 Å². The van der Waals surface area contributed by atoms with Crippen LogP contribution in [0.5, 0.6) is 0 Å². The molecule has 1 aromatic carbocycles. The summed E-state index contributed by atoms with van der Waals surface area (Å²) in [5.41, 5.74) is 1.59. The van der Waals surface area contributed by atoms with Crippen molar-refractivity contribution in [2.24, 2.45) is 11.8 Å². The largest absolute Gasteiger partial charge is 0.350 e. The number of likely N-dealkylation sites (tertiary alicyclic amines) is 1. The Hall–Kier alpha value is -1.20. The highest BCUT2D eigenvalue weighted by Crippen LogP contribution is 2.21. The normalized spacial score (nSPS) is 18.9. The number of amides is 1. The highest BCUT2D eigenvalue weighted by molar-refractivity contribution is 7.83. The fraction of sp³-hybridized carbons (Fsp3) is 0.650. The summed E-state index contributed by atoms with van der Waals surface area (Å²) in [5, 5.41) is 3.11. The zero-order chi connectivity index (χ0) is 18.4. The summed E-state index contributed by atoms with van der Waals surface area (Å²) >= 11 is 0. The highest BCUT2D eigenvalue weighted by atomic mass is 32.2. The second kappa shape index (κ2) is 9.48. The van der Waals surface area contributed by atoms with E-state index in [4.69, 9.17) is 0 Å². The Morgan fingerprint density at radius 3 is 2.60 bits per heavy atom. The first kappa shape index (κ1) is 20.1. The zero-order valence-electron chi connectivity index (χ0n) is 16.0. The number of carbonyl (C=O) groups excluding carboxylic acids is 1. The lowest BCUT2D eigenvalue weighted by molar-refractivity contribution is 0.0863. The minimum Gasteiger partial charge on any atom is -0.350 e. The van der Waals surface area contributed by atoms with Gasteiger partial charge in [-0.15, -0.1) is 0 Å². The van der Waals surface area contributed by atoms with E-state index in [-0.39, 0.29) is 5.91 Å². The topological polar surface area (TPSA) is 49.4 Å². The maximum Gasteiger partial charge on any atom is 0.251 e. The quantitative estimate of drug-likeness (QED) is 0.809. The standard InChI is InChI=1S/C20H32N2O2S/c1-15(2)19(22-10-8-16(3)9-11-22)13-21-20(23)18-7-5-6-17(12-18)14-25(4)24/h5-7,12,15-16,19H,8-11,13-14H2,1-4H3,(H,21,23)/t19-,25+/m0/s1. The first-order valence-corrected chi connectivity index (χ1v) is 11.0. The summed E-state index contributed by atoms with van der Waals surface area (Å²) in [4.78, 5) is 15.1. The molecule has 2 atom stereocenters. The van der Waals surface area contributed by atoms with E-state index in [0.29, 0.717) is 29.8 Å². The molecule has 5 heteroatoms. The Morgan fingerprint density at radius 1 is 1.32 bits per heavy atom. The van der Waals surface area contributed by atoms with E-state index in [2.05, 4.69) is 31.0 Å². The number of carbonyl (C=O) groups is 1. The van der Waals surface area contributed by atoms with Gasteiger partial charge in [-0.05, 0) is 55.5 Å². The van der Waals surface area contributed by atoms with E-state index in [1.807, 2.05) is 24.3 Å². The summed E-state index contributed by atoms with van der Waals surface area (Å²) in [6, 6.07) is 7.84. The van der Waals surface area contributed by atoms with Gasteiger partial charge in [0.05, 0.1) is 0 Å². The van der Waals surface area contributed by atoms with Gasteiger partial charge in [-0.25, -0.2) is 0 Å². The van der Waals surface area contributed by atoms with Crippen molar-refractivity contribution in [1.29, 1.82) is 0 Å². The molecule has 1 aliphatic rings. The summed E-state index contributed by atoms with van der Waals surface area (Å²) < 4.78 is 11.4. The Bertz CT molecular complexity index is 595. The van der Waals surface area contributed by atoms with E-state index in [9.17, 15) is 9.00 Å². The second-order valence-corrected chi connectivity index (χ2v) is 9.09. The minimum atomic E-state index is -0.900. The van der Waals surface area contributed by atoms with E-state index in [0.717, 1.165) is 24.6 Å². The molecule has 0 radical (unpaired) electrons. The molecule has 25 heavy (non-hydrogen) atoms. The first-order chi connectivity index (χ1) is 11.9. The molecule has 0 aliphatic carbocycles. The molecular weight excluding hydrogens is 332 g/mol. The summed E-state index contributed by atoms with van der Waals surface area (Å²) in [7, 11) is -0.900. The molecule has 1 fully saturated rings. The lowest BCUT2D eigenvalue weighted by Gasteiger charge is -2.38. The van der Waals surface area contributed by atoms with Gasteiger partial charge in [0.1, 0.15) is 0 Å². The molecule has 1 heterocycles. The summed E-state index contributed by atoms with van der Waals surface area (Å²) in [6.07, 6.45) is 4.17. The van der Waals surface area contributed by atoms with Gasteiger partial charge in [0.25, 0.3) is 5.91 Å². The van der Waals surface area contributed by atoms with Crippen molar-refractivity contribution in [2.75, 3.05) is 25.9 Å².